The molecule has 1 unspecified atom stereocenters. The quantitative estimate of drug-likeness (QED) is 0.609. The normalized spacial score (nSPS) is 13.9. The number of hydrogen-bond donors (Lipinski definition) is 1. The van der Waals surface area contributed by atoms with Crippen molar-refractivity contribution in [3.8, 4) is 0 Å². The minimum Gasteiger partial charge on any atom is -0.550 e. The maximum absolute atomic E-state index is 10.6. The van der Waals surface area contributed by atoms with Gasteiger partial charge in [-0.25, -0.2) is 0 Å². The van der Waals surface area contributed by atoms with Crippen molar-refractivity contribution in [2.75, 3.05) is 0 Å². The van der Waals surface area contributed by atoms with E-state index in [1.54, 1.807) is 20.8 Å². The Morgan fingerprint density at radius 1 is 1.42 bits per heavy atom. The molecule has 0 aromatic carbocycles. The maximum Gasteiger partial charge on any atom is 0.218 e. The number of rotatable bonds is 3. The number of nitrogens with two attached hydrogens (primary N) is 1. The molecule has 1 amide bonds. The summed E-state index contributed by atoms with van der Waals surface area (Å²) in [5.41, 5.74) is 4.41. The van der Waals surface area contributed by atoms with Gasteiger partial charge in [-0.15, -0.1) is 0 Å². The van der Waals surface area contributed by atoms with Crippen LogP contribution in [0.1, 0.15) is 27.2 Å². The summed E-state index contributed by atoms with van der Waals surface area (Å²) in [6, 6.07) is 0. The van der Waals surface area contributed by atoms with Gasteiger partial charge >= 0.3 is 0 Å². The third-order valence-electron chi connectivity index (χ3n) is 1.74. The fraction of sp³-hybridized carbons (Fsp3) is 0.750. The van der Waals surface area contributed by atoms with Crippen LogP contribution in [0, 0.1) is 11.3 Å². The lowest BCUT2D eigenvalue weighted by atomic mass is 9.79. The van der Waals surface area contributed by atoms with Crippen molar-refractivity contribution in [1.29, 1.82) is 0 Å². The largest absolute Gasteiger partial charge is 0.550 e. The first-order chi connectivity index (χ1) is 5.25. The molecule has 70 valence electrons. The van der Waals surface area contributed by atoms with Crippen molar-refractivity contribution in [3.05, 3.63) is 0 Å². The molecule has 1 atom stereocenters. The summed E-state index contributed by atoms with van der Waals surface area (Å²) in [5, 5.41) is 10.6. The summed E-state index contributed by atoms with van der Waals surface area (Å²) >= 11 is 0. The van der Waals surface area contributed by atoms with Crippen molar-refractivity contribution in [3.63, 3.8) is 0 Å². The zero-order chi connectivity index (χ0) is 9.94. The Labute approximate surface area is 71.8 Å². The summed E-state index contributed by atoms with van der Waals surface area (Å²) in [7, 11) is 0. The van der Waals surface area contributed by atoms with Gasteiger partial charge < -0.3 is 15.6 Å². The lowest BCUT2D eigenvalue weighted by Gasteiger charge is -2.30. The average Bonchev–Trinajstić information content (AvgIpc) is 1.79. The van der Waals surface area contributed by atoms with Crippen LogP contribution in [0.4, 0.5) is 0 Å². The summed E-state index contributed by atoms with van der Waals surface area (Å²) in [6.07, 6.45) is -0.161. The van der Waals surface area contributed by atoms with Crippen LogP contribution >= 0.6 is 0 Å². The second-order valence-corrected chi connectivity index (χ2v) is 3.91. The van der Waals surface area contributed by atoms with Crippen LogP contribution in [-0.2, 0) is 9.59 Å². The van der Waals surface area contributed by atoms with E-state index in [-0.39, 0.29) is 6.42 Å². The van der Waals surface area contributed by atoms with E-state index in [9.17, 15) is 14.7 Å². The second kappa shape index (κ2) is 3.56. The molecule has 0 saturated heterocycles. The van der Waals surface area contributed by atoms with Gasteiger partial charge in [0.2, 0.25) is 5.91 Å². The van der Waals surface area contributed by atoms with Crippen molar-refractivity contribution >= 4 is 11.9 Å². The van der Waals surface area contributed by atoms with E-state index in [2.05, 4.69) is 0 Å². The summed E-state index contributed by atoms with van der Waals surface area (Å²) < 4.78 is 0. The van der Waals surface area contributed by atoms with Crippen LogP contribution in [0.15, 0.2) is 0 Å². The van der Waals surface area contributed by atoms with Crippen LogP contribution in [-0.4, -0.2) is 11.9 Å². The molecule has 12 heavy (non-hydrogen) atoms. The fourth-order valence-electron chi connectivity index (χ4n) is 0.944. The Balaban J connectivity index is 4.46. The maximum atomic E-state index is 10.6. The summed E-state index contributed by atoms with van der Waals surface area (Å²) in [6.45, 7) is 5.20. The number of carboxylic acid groups (broad SMARTS) is 1. The first-order valence-corrected chi connectivity index (χ1v) is 3.74. The lowest BCUT2D eigenvalue weighted by molar-refractivity contribution is -0.314. The zero-order valence-electron chi connectivity index (χ0n) is 7.59. The number of carboxylic acids is 1. The predicted octanol–water partition coefficient (Wildman–Crippen LogP) is -0.726. The van der Waals surface area contributed by atoms with E-state index in [0.717, 1.165) is 0 Å². The van der Waals surface area contributed by atoms with Gasteiger partial charge in [0.15, 0.2) is 0 Å². The summed E-state index contributed by atoms with van der Waals surface area (Å²) in [4.78, 5) is 21.1. The highest BCUT2D eigenvalue weighted by molar-refractivity contribution is 5.80. The van der Waals surface area contributed by atoms with Gasteiger partial charge in [0.1, 0.15) is 0 Å². The Kier molecular flexibility index (Phi) is 3.24. The molecule has 0 bridgehead atoms. The van der Waals surface area contributed by atoms with Crippen molar-refractivity contribution in [1.82, 2.24) is 0 Å². The standard InChI is InChI=1S/C8H15NO3/c1-8(2,3)5(7(11)12)4-6(9)10/h5H,4H2,1-3H3,(H2,9,10)(H,11,12)/p-1. The van der Waals surface area contributed by atoms with Gasteiger partial charge in [0.25, 0.3) is 0 Å². The molecule has 2 N–H and O–H groups in total. The van der Waals surface area contributed by atoms with Crippen LogP contribution in [0.2, 0.25) is 0 Å². The van der Waals surface area contributed by atoms with Gasteiger partial charge in [0, 0.05) is 18.3 Å². The number of carbonyl (C=O) groups excluding carboxylic acids is 2. The molecule has 0 aromatic rings. The van der Waals surface area contributed by atoms with E-state index in [0.29, 0.717) is 0 Å². The number of carbonyl (C=O) groups is 2. The number of primary amides is 1. The molecule has 0 spiro atoms. The SMILES string of the molecule is CC(C)(C)C(CC(N)=O)C(=O)[O-]. The molecule has 0 saturated carbocycles. The minimum absolute atomic E-state index is 0.161. The third-order valence-corrected chi connectivity index (χ3v) is 1.74. The monoisotopic (exact) mass is 172 g/mol. The van der Waals surface area contributed by atoms with Gasteiger partial charge in [-0.3, -0.25) is 4.79 Å². The molecular weight excluding hydrogens is 158 g/mol. The highest BCUT2D eigenvalue weighted by Gasteiger charge is 2.27. The first kappa shape index (κ1) is 10.9. The molecule has 4 nitrogen and oxygen atoms in total. The topological polar surface area (TPSA) is 83.2 Å². The Bertz CT molecular complexity index is 193. The molecule has 0 aliphatic rings. The number of hydrogen-bond acceptors (Lipinski definition) is 3. The Morgan fingerprint density at radius 3 is 1.92 bits per heavy atom. The van der Waals surface area contributed by atoms with Crippen LogP contribution < -0.4 is 10.8 Å². The highest BCUT2D eigenvalue weighted by atomic mass is 16.4. The number of aliphatic carboxylic acids is 1. The summed E-state index contributed by atoms with van der Waals surface area (Å²) in [5.74, 6) is -2.64. The minimum atomic E-state index is -1.22. The fourth-order valence-corrected chi connectivity index (χ4v) is 0.944. The first-order valence-electron chi connectivity index (χ1n) is 3.74. The van der Waals surface area contributed by atoms with Crippen LogP contribution in [0.5, 0.6) is 0 Å². The van der Waals surface area contributed by atoms with Crippen molar-refractivity contribution in [2.24, 2.45) is 17.1 Å². The van der Waals surface area contributed by atoms with Crippen molar-refractivity contribution < 1.29 is 14.7 Å². The molecule has 0 radical (unpaired) electrons. The van der Waals surface area contributed by atoms with E-state index in [1.165, 1.54) is 0 Å². The van der Waals surface area contributed by atoms with E-state index in [1.807, 2.05) is 0 Å². The number of amides is 1. The van der Waals surface area contributed by atoms with Gasteiger partial charge in [-0.05, 0) is 5.41 Å². The molecule has 0 rings (SSSR count). The van der Waals surface area contributed by atoms with E-state index >= 15 is 0 Å². The second-order valence-electron chi connectivity index (χ2n) is 3.91. The Hall–Kier alpha value is -1.06. The predicted molar refractivity (Wildman–Crippen MR) is 41.8 cm³/mol. The molecule has 4 heteroatoms. The average molecular weight is 172 g/mol. The lowest BCUT2D eigenvalue weighted by Crippen LogP contribution is -2.41. The molecule has 0 aliphatic carbocycles. The van der Waals surface area contributed by atoms with Gasteiger partial charge in [-0.1, -0.05) is 20.8 Å². The van der Waals surface area contributed by atoms with Crippen molar-refractivity contribution in [2.45, 2.75) is 27.2 Å². The van der Waals surface area contributed by atoms with E-state index in [4.69, 9.17) is 5.73 Å². The smallest absolute Gasteiger partial charge is 0.218 e. The van der Waals surface area contributed by atoms with Crippen LogP contribution in [0.25, 0.3) is 0 Å². The zero-order valence-corrected chi connectivity index (χ0v) is 7.59. The van der Waals surface area contributed by atoms with Gasteiger partial charge in [-0.2, -0.15) is 0 Å². The molecule has 0 aliphatic heterocycles. The van der Waals surface area contributed by atoms with Gasteiger partial charge in [0.05, 0.1) is 0 Å². The molecule has 0 heterocycles. The van der Waals surface area contributed by atoms with Crippen LogP contribution in [0.3, 0.4) is 0 Å². The molecular formula is C8H14NO3-. The molecule has 0 fully saturated rings. The van der Waals surface area contributed by atoms with E-state index < -0.39 is 23.2 Å². The highest BCUT2D eigenvalue weighted by Crippen LogP contribution is 2.27. The molecule has 0 aromatic heterocycles. The Morgan fingerprint density at radius 2 is 1.83 bits per heavy atom. The third kappa shape index (κ3) is 3.37.